The summed E-state index contributed by atoms with van der Waals surface area (Å²) < 4.78 is 0. The number of amides is 2. The molecule has 2 aromatic rings. The number of carbonyl (C=O) groups is 2. The second-order valence-corrected chi connectivity index (χ2v) is 6.69. The van der Waals surface area contributed by atoms with Crippen LogP contribution in [0.15, 0.2) is 48.5 Å². The Hall–Kier alpha value is -2.66. The maximum atomic E-state index is 12.2. The first-order valence-electron chi connectivity index (χ1n) is 8.92. The highest BCUT2D eigenvalue weighted by Gasteiger charge is 2.16. The smallest absolute Gasteiger partial charge is 0.248 e. The van der Waals surface area contributed by atoms with Crippen molar-refractivity contribution in [2.75, 3.05) is 11.9 Å². The summed E-state index contributed by atoms with van der Waals surface area (Å²) in [7, 11) is 0. The van der Waals surface area contributed by atoms with Gasteiger partial charge in [-0.25, -0.2) is 0 Å². The Bertz CT molecular complexity index is 737. The highest BCUT2D eigenvalue weighted by atomic mass is 16.2. The third kappa shape index (κ3) is 5.43. The highest BCUT2D eigenvalue weighted by molar-refractivity contribution is 5.95. The van der Waals surface area contributed by atoms with Crippen molar-refractivity contribution >= 4 is 17.5 Å². The summed E-state index contributed by atoms with van der Waals surface area (Å²) in [6.45, 7) is 6.60. The van der Waals surface area contributed by atoms with Crippen LogP contribution >= 0.6 is 0 Å². The standard InChI is InChI=1S/C21H27N3O2/c1-4-15-5-7-16(8-6-15)20(14(2)3)23-13-19(25)24-18-11-9-17(10-12-18)21(22)26/h5-12,14,20,23H,4,13H2,1-3H3,(H2,22,26)(H,24,25)/t20-/m1/s1. The zero-order chi connectivity index (χ0) is 19.1. The average Bonchev–Trinajstić information content (AvgIpc) is 2.62. The molecule has 2 aromatic carbocycles. The Kier molecular flexibility index (Phi) is 6.92. The summed E-state index contributed by atoms with van der Waals surface area (Å²) in [5.41, 5.74) is 8.74. The summed E-state index contributed by atoms with van der Waals surface area (Å²) in [6.07, 6.45) is 1.01. The average molecular weight is 353 g/mol. The molecule has 0 aromatic heterocycles. The summed E-state index contributed by atoms with van der Waals surface area (Å²) in [5, 5.41) is 6.15. The van der Waals surface area contributed by atoms with Gasteiger partial charge in [0.05, 0.1) is 6.54 Å². The van der Waals surface area contributed by atoms with E-state index in [4.69, 9.17) is 5.73 Å². The minimum atomic E-state index is -0.488. The zero-order valence-corrected chi connectivity index (χ0v) is 15.6. The molecule has 0 radical (unpaired) electrons. The van der Waals surface area contributed by atoms with Crippen LogP contribution < -0.4 is 16.4 Å². The minimum absolute atomic E-state index is 0.101. The van der Waals surface area contributed by atoms with Crippen LogP contribution in [0.25, 0.3) is 0 Å². The van der Waals surface area contributed by atoms with Crippen molar-refractivity contribution in [2.45, 2.75) is 33.2 Å². The molecule has 0 aliphatic heterocycles. The lowest BCUT2D eigenvalue weighted by Gasteiger charge is -2.23. The van der Waals surface area contributed by atoms with E-state index in [2.05, 4.69) is 55.7 Å². The number of rotatable bonds is 8. The van der Waals surface area contributed by atoms with Crippen LogP contribution in [0.3, 0.4) is 0 Å². The van der Waals surface area contributed by atoms with Crippen LogP contribution in [0.5, 0.6) is 0 Å². The van der Waals surface area contributed by atoms with Gasteiger partial charge >= 0.3 is 0 Å². The lowest BCUT2D eigenvalue weighted by molar-refractivity contribution is -0.115. The van der Waals surface area contributed by atoms with Gasteiger partial charge in [0, 0.05) is 17.3 Å². The number of carbonyl (C=O) groups excluding carboxylic acids is 2. The van der Waals surface area contributed by atoms with Crippen molar-refractivity contribution in [1.82, 2.24) is 5.32 Å². The lowest BCUT2D eigenvalue weighted by Crippen LogP contribution is -2.33. The largest absolute Gasteiger partial charge is 0.366 e. The SMILES string of the molecule is CCc1ccc([C@H](NCC(=O)Nc2ccc(C(N)=O)cc2)C(C)C)cc1. The predicted molar refractivity (Wildman–Crippen MR) is 105 cm³/mol. The summed E-state index contributed by atoms with van der Waals surface area (Å²) in [4.78, 5) is 23.3. The van der Waals surface area contributed by atoms with Crippen LogP contribution in [-0.4, -0.2) is 18.4 Å². The topological polar surface area (TPSA) is 84.2 Å². The highest BCUT2D eigenvalue weighted by Crippen LogP contribution is 2.22. The third-order valence-electron chi connectivity index (χ3n) is 4.35. The second-order valence-electron chi connectivity index (χ2n) is 6.69. The lowest BCUT2D eigenvalue weighted by atomic mass is 9.95. The fourth-order valence-corrected chi connectivity index (χ4v) is 2.82. The molecule has 0 saturated heterocycles. The summed E-state index contributed by atoms with van der Waals surface area (Å²) in [5.74, 6) is -0.267. The molecule has 0 heterocycles. The van der Waals surface area contributed by atoms with Crippen molar-refractivity contribution < 1.29 is 9.59 Å². The Morgan fingerprint density at radius 3 is 2.12 bits per heavy atom. The number of nitrogens with two attached hydrogens (primary N) is 1. The van der Waals surface area contributed by atoms with Gasteiger partial charge in [-0.2, -0.15) is 0 Å². The molecule has 2 amide bonds. The van der Waals surface area contributed by atoms with Gasteiger partial charge in [0.25, 0.3) is 0 Å². The van der Waals surface area contributed by atoms with Crippen molar-refractivity contribution in [3.05, 3.63) is 65.2 Å². The van der Waals surface area contributed by atoms with E-state index in [0.717, 1.165) is 6.42 Å². The van der Waals surface area contributed by atoms with Crippen LogP contribution in [0.1, 0.15) is 48.3 Å². The molecule has 2 rings (SSSR count). The Morgan fingerprint density at radius 1 is 1.00 bits per heavy atom. The van der Waals surface area contributed by atoms with Crippen LogP contribution in [-0.2, 0) is 11.2 Å². The monoisotopic (exact) mass is 353 g/mol. The molecule has 0 bridgehead atoms. The molecule has 0 aliphatic rings. The van der Waals surface area contributed by atoms with E-state index in [-0.39, 0.29) is 18.5 Å². The Labute approximate surface area is 155 Å². The predicted octanol–water partition coefficient (Wildman–Crippen LogP) is 3.27. The molecule has 5 heteroatoms. The number of anilines is 1. The molecule has 138 valence electrons. The molecule has 0 fully saturated rings. The van der Waals surface area contributed by atoms with Gasteiger partial charge in [0.2, 0.25) is 11.8 Å². The summed E-state index contributed by atoms with van der Waals surface area (Å²) in [6, 6.07) is 15.1. The molecule has 4 N–H and O–H groups in total. The molecule has 0 spiro atoms. The molecule has 5 nitrogen and oxygen atoms in total. The van der Waals surface area contributed by atoms with Crippen molar-refractivity contribution in [2.24, 2.45) is 11.7 Å². The van der Waals surface area contributed by atoms with E-state index in [9.17, 15) is 9.59 Å². The van der Waals surface area contributed by atoms with Crippen LogP contribution in [0.4, 0.5) is 5.69 Å². The van der Waals surface area contributed by atoms with Gasteiger partial charge < -0.3 is 16.4 Å². The zero-order valence-electron chi connectivity index (χ0n) is 15.6. The van der Waals surface area contributed by atoms with Gasteiger partial charge in [-0.1, -0.05) is 45.0 Å². The van der Waals surface area contributed by atoms with Gasteiger partial charge in [-0.15, -0.1) is 0 Å². The molecular weight excluding hydrogens is 326 g/mol. The van der Waals surface area contributed by atoms with Gasteiger partial charge in [-0.05, 0) is 47.7 Å². The van der Waals surface area contributed by atoms with Gasteiger partial charge in [0.1, 0.15) is 0 Å². The van der Waals surface area contributed by atoms with E-state index in [1.165, 1.54) is 11.1 Å². The Morgan fingerprint density at radius 2 is 1.62 bits per heavy atom. The van der Waals surface area contributed by atoms with E-state index in [0.29, 0.717) is 17.2 Å². The summed E-state index contributed by atoms with van der Waals surface area (Å²) >= 11 is 0. The number of primary amides is 1. The molecule has 26 heavy (non-hydrogen) atoms. The van der Waals surface area contributed by atoms with Crippen molar-refractivity contribution in [1.29, 1.82) is 0 Å². The molecule has 0 unspecified atom stereocenters. The number of hydrogen-bond acceptors (Lipinski definition) is 3. The minimum Gasteiger partial charge on any atom is -0.366 e. The Balaban J connectivity index is 1.95. The van der Waals surface area contributed by atoms with Gasteiger partial charge in [0.15, 0.2) is 0 Å². The molecule has 0 saturated carbocycles. The van der Waals surface area contributed by atoms with E-state index in [1.54, 1.807) is 24.3 Å². The van der Waals surface area contributed by atoms with Crippen molar-refractivity contribution in [3.8, 4) is 0 Å². The fraction of sp³-hybridized carbons (Fsp3) is 0.333. The third-order valence-corrected chi connectivity index (χ3v) is 4.35. The second kappa shape index (κ2) is 9.15. The molecular formula is C21H27N3O2. The van der Waals surface area contributed by atoms with Gasteiger partial charge in [-0.3, -0.25) is 9.59 Å². The maximum absolute atomic E-state index is 12.2. The number of nitrogens with one attached hydrogen (secondary N) is 2. The van der Waals surface area contributed by atoms with E-state index >= 15 is 0 Å². The number of hydrogen-bond donors (Lipinski definition) is 3. The first kappa shape index (κ1) is 19.7. The van der Waals surface area contributed by atoms with Crippen LogP contribution in [0, 0.1) is 5.92 Å². The quantitative estimate of drug-likeness (QED) is 0.681. The van der Waals surface area contributed by atoms with E-state index < -0.39 is 5.91 Å². The number of benzene rings is 2. The first-order valence-corrected chi connectivity index (χ1v) is 8.92. The molecule has 1 atom stereocenters. The first-order chi connectivity index (χ1) is 12.4. The molecule has 0 aliphatic carbocycles. The fourth-order valence-electron chi connectivity index (χ4n) is 2.82. The van der Waals surface area contributed by atoms with E-state index in [1.807, 2.05) is 0 Å². The number of aryl methyl sites for hydroxylation is 1. The van der Waals surface area contributed by atoms with Crippen molar-refractivity contribution in [3.63, 3.8) is 0 Å². The normalized spacial score (nSPS) is 12.0. The maximum Gasteiger partial charge on any atom is 0.248 e. The van der Waals surface area contributed by atoms with Crippen LogP contribution in [0.2, 0.25) is 0 Å².